The van der Waals surface area contributed by atoms with E-state index < -0.39 is 33.3 Å². The molecule has 262 valence electrons. The number of benzene rings is 2. The van der Waals surface area contributed by atoms with Crippen LogP contribution in [0.2, 0.25) is 0 Å². The fraction of sp³-hybridized carbons (Fsp3) is 0.556. The van der Waals surface area contributed by atoms with E-state index in [2.05, 4.69) is 21.6 Å². The molecule has 2 aliphatic carbocycles. The number of nitrogens with zero attached hydrogens (tertiary/aromatic N) is 2. The first-order chi connectivity index (χ1) is 23.4. The summed E-state index contributed by atoms with van der Waals surface area (Å²) >= 11 is 0. The number of sulfonamides is 1. The van der Waals surface area contributed by atoms with Crippen LogP contribution in [0.3, 0.4) is 0 Å². The van der Waals surface area contributed by atoms with Gasteiger partial charge in [-0.3, -0.25) is 9.59 Å². The molecule has 2 amide bonds. The Morgan fingerprint density at radius 1 is 1.00 bits per heavy atom. The van der Waals surface area contributed by atoms with Gasteiger partial charge in [-0.05, 0) is 85.9 Å². The molecule has 0 radical (unpaired) electrons. The van der Waals surface area contributed by atoms with E-state index in [4.69, 9.17) is 9.47 Å². The van der Waals surface area contributed by atoms with Crippen LogP contribution in [0.5, 0.6) is 5.75 Å². The number of methoxy groups -OCH3 is 1. The first-order valence-corrected chi connectivity index (χ1v) is 18.9. The fourth-order valence-electron chi connectivity index (χ4n) is 9.30. The van der Waals surface area contributed by atoms with E-state index >= 15 is 0 Å². The maximum Gasteiger partial charge on any atom is 0.404 e. The zero-order valence-corrected chi connectivity index (χ0v) is 28.2. The lowest BCUT2D eigenvalue weighted by Gasteiger charge is -2.47. The highest BCUT2D eigenvalue weighted by Gasteiger charge is 2.65. The number of morpholine rings is 1. The summed E-state index contributed by atoms with van der Waals surface area (Å²) in [6.07, 6.45) is 3.77. The smallest absolute Gasteiger partial charge is 0.404 e. The third kappa shape index (κ3) is 5.60. The number of amides is 2. The molecule has 5 aliphatic rings. The monoisotopic (exact) mass is 699 g/mol. The molecule has 4 fully saturated rings. The van der Waals surface area contributed by atoms with Crippen LogP contribution in [0.4, 0.5) is 13.2 Å². The summed E-state index contributed by atoms with van der Waals surface area (Å²) in [6.45, 7) is 1.40. The van der Waals surface area contributed by atoms with Crippen molar-refractivity contribution in [3.63, 3.8) is 0 Å². The molecule has 1 aromatic heterocycles. The van der Waals surface area contributed by atoms with Gasteiger partial charge >= 0.3 is 6.18 Å². The molecular formula is C36H40F3N3O6S. The van der Waals surface area contributed by atoms with Crippen LogP contribution in [0.25, 0.3) is 22.2 Å². The number of hydrogen-bond acceptors (Lipinski definition) is 6. The second kappa shape index (κ2) is 11.8. The number of hydrogen-bond donors (Lipinski definition) is 1. The Balaban J connectivity index is 1.30. The molecule has 49 heavy (non-hydrogen) atoms. The van der Waals surface area contributed by atoms with Crippen LogP contribution in [0.15, 0.2) is 36.4 Å². The summed E-state index contributed by atoms with van der Waals surface area (Å²) in [6, 6.07) is 10.9. The van der Waals surface area contributed by atoms with Gasteiger partial charge in [0.15, 0.2) is 5.75 Å². The van der Waals surface area contributed by atoms with Gasteiger partial charge in [0, 0.05) is 34.5 Å². The van der Waals surface area contributed by atoms with Crippen LogP contribution < -0.4 is 9.46 Å². The van der Waals surface area contributed by atoms with Gasteiger partial charge in [0.2, 0.25) is 15.9 Å². The Morgan fingerprint density at radius 3 is 2.43 bits per heavy atom. The zero-order chi connectivity index (χ0) is 34.3. The number of alkyl halides is 3. The third-order valence-electron chi connectivity index (χ3n) is 11.5. The standard InChI is InChI=1S/C36H40F3N3O6S/c1-47-25-11-13-26-28(15-25)29-16-35(29,34(44)42-23-8-5-9-24(42)18-48-17-23)19-41-30-14-22(33(43)40-49(45,46)20-36(37,38)39)10-12-27(30)31(32(26)41)21-6-3-2-4-7-21/h10-15,21,23-24,29H,2-9,16-20H2,1H3,(H,40,43). The van der Waals surface area contributed by atoms with Crippen LogP contribution in [-0.2, 0) is 26.1 Å². The van der Waals surface area contributed by atoms with Crippen LogP contribution in [-0.4, -0.2) is 74.0 Å². The average Bonchev–Trinajstić information content (AvgIpc) is 3.72. The number of ether oxygens (including phenoxy) is 2. The van der Waals surface area contributed by atoms with Crippen LogP contribution in [0, 0.1) is 5.41 Å². The van der Waals surface area contributed by atoms with E-state index in [9.17, 15) is 31.2 Å². The number of carbonyl (C=O) groups is 2. The predicted molar refractivity (Wildman–Crippen MR) is 176 cm³/mol. The highest BCUT2D eigenvalue weighted by molar-refractivity contribution is 7.90. The number of carbonyl (C=O) groups excluding carboxylic acids is 2. The van der Waals surface area contributed by atoms with Gasteiger partial charge in [0.1, 0.15) is 5.75 Å². The number of rotatable bonds is 6. The van der Waals surface area contributed by atoms with E-state index in [0.29, 0.717) is 37.4 Å². The summed E-state index contributed by atoms with van der Waals surface area (Å²) in [7, 11) is -3.34. The Hall–Kier alpha value is -3.58. The van der Waals surface area contributed by atoms with Crippen molar-refractivity contribution < 1.29 is 40.7 Å². The largest absolute Gasteiger partial charge is 0.497 e. The fourth-order valence-corrected chi connectivity index (χ4v) is 10.2. The van der Waals surface area contributed by atoms with E-state index in [1.807, 2.05) is 6.07 Å². The van der Waals surface area contributed by atoms with Gasteiger partial charge in [-0.15, -0.1) is 0 Å². The molecule has 3 aromatic rings. The van der Waals surface area contributed by atoms with Gasteiger partial charge < -0.3 is 18.9 Å². The number of nitrogens with one attached hydrogen (secondary N) is 1. The van der Waals surface area contributed by atoms with E-state index in [-0.39, 0.29) is 35.4 Å². The summed E-state index contributed by atoms with van der Waals surface area (Å²) in [5.41, 5.74) is 4.05. The number of piperidine rings is 1. The molecule has 2 bridgehead atoms. The molecule has 3 aliphatic heterocycles. The van der Waals surface area contributed by atoms with Crippen molar-refractivity contribution in [2.45, 2.75) is 94.4 Å². The molecule has 2 aromatic carbocycles. The average molecular weight is 700 g/mol. The highest BCUT2D eigenvalue weighted by Crippen LogP contribution is 2.66. The van der Waals surface area contributed by atoms with Crippen LogP contribution >= 0.6 is 0 Å². The molecule has 4 heterocycles. The second-order valence-electron chi connectivity index (χ2n) is 14.6. The first kappa shape index (κ1) is 32.6. The van der Waals surface area contributed by atoms with E-state index in [1.165, 1.54) is 6.07 Å². The normalized spacial score (nSPS) is 26.7. The summed E-state index contributed by atoms with van der Waals surface area (Å²) in [5, 5.41) is 0.906. The first-order valence-electron chi connectivity index (χ1n) is 17.3. The van der Waals surface area contributed by atoms with E-state index in [1.54, 1.807) is 24.0 Å². The number of fused-ring (bicyclic) bond motifs is 9. The van der Waals surface area contributed by atoms with Crippen molar-refractivity contribution in [3.05, 3.63) is 53.1 Å². The quantitative estimate of drug-likeness (QED) is 0.326. The molecule has 4 atom stereocenters. The lowest BCUT2D eigenvalue weighted by atomic mass is 9.81. The second-order valence-corrected chi connectivity index (χ2v) is 16.3. The molecule has 4 unspecified atom stereocenters. The topological polar surface area (TPSA) is 107 Å². The third-order valence-corrected chi connectivity index (χ3v) is 12.7. The van der Waals surface area contributed by atoms with Crippen molar-refractivity contribution in [2.24, 2.45) is 5.41 Å². The minimum absolute atomic E-state index is 0.0243. The number of aromatic nitrogens is 1. The van der Waals surface area contributed by atoms with Gasteiger partial charge in [-0.1, -0.05) is 25.3 Å². The maximum absolute atomic E-state index is 15.0. The summed E-state index contributed by atoms with van der Waals surface area (Å²) in [4.78, 5) is 30.3. The van der Waals surface area contributed by atoms with Crippen molar-refractivity contribution >= 4 is 32.7 Å². The Kier molecular flexibility index (Phi) is 7.82. The molecular weight excluding hydrogens is 659 g/mol. The predicted octanol–water partition coefficient (Wildman–Crippen LogP) is 6.25. The molecule has 2 saturated heterocycles. The maximum atomic E-state index is 15.0. The van der Waals surface area contributed by atoms with Crippen molar-refractivity contribution in [3.8, 4) is 17.0 Å². The summed E-state index contributed by atoms with van der Waals surface area (Å²) in [5.74, 6) is -2.29. The SMILES string of the molecule is COc1ccc2c(c1)C1CC1(C(=O)N1C3CCCC1COC3)Cn1c-2c(C2CCCCC2)c2ccc(C(=O)NS(=O)(=O)CC(F)(F)F)cc21. The summed E-state index contributed by atoms with van der Waals surface area (Å²) < 4.78 is 78.7. The molecule has 9 nitrogen and oxygen atoms in total. The molecule has 0 spiro atoms. The lowest BCUT2D eigenvalue weighted by molar-refractivity contribution is -0.157. The van der Waals surface area contributed by atoms with Crippen molar-refractivity contribution in [2.75, 3.05) is 26.1 Å². The lowest BCUT2D eigenvalue weighted by Crippen LogP contribution is -2.59. The van der Waals surface area contributed by atoms with E-state index in [0.717, 1.165) is 79.1 Å². The van der Waals surface area contributed by atoms with Crippen molar-refractivity contribution in [1.29, 1.82) is 0 Å². The highest BCUT2D eigenvalue weighted by atomic mass is 32.2. The van der Waals surface area contributed by atoms with Crippen molar-refractivity contribution in [1.82, 2.24) is 14.2 Å². The Labute approximate surface area is 283 Å². The molecule has 1 N–H and O–H groups in total. The van der Waals surface area contributed by atoms with Gasteiger partial charge in [0.25, 0.3) is 5.91 Å². The minimum Gasteiger partial charge on any atom is -0.497 e. The van der Waals surface area contributed by atoms with Gasteiger partial charge in [-0.2, -0.15) is 13.2 Å². The Morgan fingerprint density at radius 2 is 1.73 bits per heavy atom. The van der Waals surface area contributed by atoms with Crippen LogP contribution in [0.1, 0.15) is 91.1 Å². The zero-order valence-electron chi connectivity index (χ0n) is 27.4. The number of halogens is 3. The van der Waals surface area contributed by atoms with Gasteiger partial charge in [-0.25, -0.2) is 13.1 Å². The molecule has 8 rings (SSSR count). The van der Waals surface area contributed by atoms with Gasteiger partial charge in [0.05, 0.1) is 43.5 Å². The minimum atomic E-state index is -5.00. The Bertz CT molecular complexity index is 1930. The molecule has 13 heteroatoms. The molecule has 2 saturated carbocycles.